The van der Waals surface area contributed by atoms with Crippen LogP contribution < -0.4 is 4.90 Å². The summed E-state index contributed by atoms with van der Waals surface area (Å²) in [5.74, 6) is 0.994. The van der Waals surface area contributed by atoms with Gasteiger partial charge in [0.1, 0.15) is 11.9 Å². The van der Waals surface area contributed by atoms with Crippen molar-refractivity contribution in [1.29, 1.82) is 5.26 Å². The SMILES string of the molecule is CCN(c1ccc(C#N)cn1)C1CC1. The van der Waals surface area contributed by atoms with Crippen LogP contribution in [0.2, 0.25) is 0 Å². The van der Waals surface area contributed by atoms with E-state index in [-0.39, 0.29) is 0 Å². The summed E-state index contributed by atoms with van der Waals surface area (Å²) in [7, 11) is 0. The second-order valence-electron chi connectivity index (χ2n) is 3.53. The molecule has 0 N–H and O–H groups in total. The van der Waals surface area contributed by atoms with Crippen molar-refractivity contribution in [3.05, 3.63) is 23.9 Å². The summed E-state index contributed by atoms with van der Waals surface area (Å²) in [6.45, 7) is 3.13. The Kier molecular flexibility index (Phi) is 2.36. The minimum Gasteiger partial charge on any atom is -0.354 e. The summed E-state index contributed by atoms with van der Waals surface area (Å²) in [6.07, 6.45) is 4.19. The molecule has 1 aliphatic rings. The molecule has 3 heteroatoms. The van der Waals surface area contributed by atoms with E-state index in [1.165, 1.54) is 12.8 Å². The first-order chi connectivity index (χ1) is 6.85. The number of hydrogen-bond acceptors (Lipinski definition) is 3. The van der Waals surface area contributed by atoms with Crippen LogP contribution in [-0.2, 0) is 0 Å². The maximum absolute atomic E-state index is 8.64. The van der Waals surface area contributed by atoms with Gasteiger partial charge in [-0.15, -0.1) is 0 Å². The number of hydrogen-bond donors (Lipinski definition) is 0. The Balaban J connectivity index is 2.18. The third-order valence-electron chi connectivity index (χ3n) is 2.50. The van der Waals surface area contributed by atoms with E-state index in [9.17, 15) is 0 Å². The van der Waals surface area contributed by atoms with E-state index < -0.39 is 0 Å². The number of rotatable bonds is 3. The molecule has 0 spiro atoms. The van der Waals surface area contributed by atoms with Gasteiger partial charge in [-0.1, -0.05) is 0 Å². The molecule has 1 saturated carbocycles. The fourth-order valence-corrected chi connectivity index (χ4v) is 1.62. The normalized spacial score (nSPS) is 14.9. The first-order valence-corrected chi connectivity index (χ1v) is 4.98. The molecule has 3 nitrogen and oxygen atoms in total. The average molecular weight is 187 g/mol. The first-order valence-electron chi connectivity index (χ1n) is 4.98. The fourth-order valence-electron chi connectivity index (χ4n) is 1.62. The lowest BCUT2D eigenvalue weighted by molar-refractivity contribution is 0.808. The number of nitriles is 1. The third kappa shape index (κ3) is 1.69. The predicted octanol–water partition coefficient (Wildman–Crippen LogP) is 1.94. The van der Waals surface area contributed by atoms with E-state index in [1.807, 2.05) is 12.1 Å². The maximum Gasteiger partial charge on any atom is 0.128 e. The monoisotopic (exact) mass is 187 g/mol. The minimum atomic E-state index is 0.626. The van der Waals surface area contributed by atoms with Crippen LogP contribution in [0.5, 0.6) is 0 Å². The van der Waals surface area contributed by atoms with E-state index in [0.717, 1.165) is 12.4 Å². The second-order valence-corrected chi connectivity index (χ2v) is 3.53. The van der Waals surface area contributed by atoms with Gasteiger partial charge in [0.2, 0.25) is 0 Å². The highest BCUT2D eigenvalue weighted by Crippen LogP contribution is 2.29. The van der Waals surface area contributed by atoms with Crippen molar-refractivity contribution in [2.24, 2.45) is 0 Å². The van der Waals surface area contributed by atoms with Crippen molar-refractivity contribution in [3.8, 4) is 6.07 Å². The van der Waals surface area contributed by atoms with Gasteiger partial charge in [-0.3, -0.25) is 0 Å². The summed E-state index contributed by atoms with van der Waals surface area (Å²) >= 11 is 0. The Morgan fingerprint density at radius 3 is 2.79 bits per heavy atom. The Labute approximate surface area is 84.0 Å². The molecule has 0 amide bonds. The van der Waals surface area contributed by atoms with Crippen LogP contribution in [0.4, 0.5) is 5.82 Å². The van der Waals surface area contributed by atoms with Crippen LogP contribution in [0, 0.1) is 11.3 Å². The first kappa shape index (κ1) is 9.01. The minimum absolute atomic E-state index is 0.626. The number of aromatic nitrogens is 1. The van der Waals surface area contributed by atoms with E-state index in [0.29, 0.717) is 11.6 Å². The van der Waals surface area contributed by atoms with Gasteiger partial charge in [0, 0.05) is 18.8 Å². The van der Waals surface area contributed by atoms with Gasteiger partial charge in [-0.2, -0.15) is 5.26 Å². The van der Waals surface area contributed by atoms with Crippen LogP contribution in [0.15, 0.2) is 18.3 Å². The molecule has 1 heterocycles. The van der Waals surface area contributed by atoms with E-state index in [1.54, 1.807) is 6.20 Å². The summed E-state index contributed by atoms with van der Waals surface area (Å²) in [5, 5.41) is 8.64. The summed E-state index contributed by atoms with van der Waals surface area (Å²) < 4.78 is 0. The molecule has 0 radical (unpaired) electrons. The molecule has 1 fully saturated rings. The standard InChI is InChI=1S/C11H13N3/c1-2-14(10-4-5-10)11-6-3-9(7-12)8-13-11/h3,6,8,10H,2,4-5H2,1H3. The Bertz CT molecular complexity index is 346. The second kappa shape index (κ2) is 3.67. The zero-order chi connectivity index (χ0) is 9.97. The van der Waals surface area contributed by atoms with Crippen molar-refractivity contribution in [2.75, 3.05) is 11.4 Å². The highest BCUT2D eigenvalue weighted by Gasteiger charge is 2.28. The van der Waals surface area contributed by atoms with Gasteiger partial charge < -0.3 is 4.90 Å². The molecular formula is C11H13N3. The average Bonchev–Trinajstić information content (AvgIpc) is 3.04. The molecule has 0 aromatic carbocycles. The molecular weight excluding hydrogens is 174 g/mol. The zero-order valence-electron chi connectivity index (χ0n) is 8.27. The van der Waals surface area contributed by atoms with Crippen molar-refractivity contribution < 1.29 is 0 Å². The van der Waals surface area contributed by atoms with Gasteiger partial charge in [0.15, 0.2) is 0 Å². The van der Waals surface area contributed by atoms with E-state index in [2.05, 4.69) is 22.9 Å². The van der Waals surface area contributed by atoms with Crippen LogP contribution in [0.25, 0.3) is 0 Å². The van der Waals surface area contributed by atoms with Gasteiger partial charge in [-0.25, -0.2) is 4.98 Å². The molecule has 1 aliphatic carbocycles. The summed E-state index contributed by atoms with van der Waals surface area (Å²) in [5.41, 5.74) is 0.626. The van der Waals surface area contributed by atoms with E-state index >= 15 is 0 Å². The predicted molar refractivity (Wildman–Crippen MR) is 55.0 cm³/mol. The third-order valence-corrected chi connectivity index (χ3v) is 2.50. The lowest BCUT2D eigenvalue weighted by Gasteiger charge is -2.21. The smallest absolute Gasteiger partial charge is 0.128 e. The molecule has 72 valence electrons. The fraction of sp³-hybridized carbons (Fsp3) is 0.455. The number of pyridine rings is 1. The molecule has 14 heavy (non-hydrogen) atoms. The molecule has 1 aromatic rings. The lowest BCUT2D eigenvalue weighted by Crippen LogP contribution is -2.25. The molecule has 0 saturated heterocycles. The summed E-state index contributed by atoms with van der Waals surface area (Å²) in [4.78, 5) is 6.58. The molecule has 0 unspecified atom stereocenters. The molecule has 0 aliphatic heterocycles. The van der Waals surface area contributed by atoms with Crippen molar-refractivity contribution in [2.45, 2.75) is 25.8 Å². The van der Waals surface area contributed by atoms with Gasteiger partial charge in [-0.05, 0) is 31.9 Å². The topological polar surface area (TPSA) is 39.9 Å². The van der Waals surface area contributed by atoms with Crippen molar-refractivity contribution >= 4 is 5.82 Å². The number of nitrogens with zero attached hydrogens (tertiary/aromatic N) is 3. The van der Waals surface area contributed by atoms with Crippen molar-refractivity contribution in [1.82, 2.24) is 4.98 Å². The van der Waals surface area contributed by atoms with E-state index in [4.69, 9.17) is 5.26 Å². The van der Waals surface area contributed by atoms with Crippen LogP contribution in [0.3, 0.4) is 0 Å². The summed E-state index contributed by atoms with van der Waals surface area (Å²) in [6, 6.07) is 6.51. The quantitative estimate of drug-likeness (QED) is 0.726. The van der Waals surface area contributed by atoms with Gasteiger partial charge in [0.05, 0.1) is 5.56 Å². The highest BCUT2D eigenvalue weighted by molar-refractivity contribution is 5.43. The highest BCUT2D eigenvalue weighted by atomic mass is 15.2. The number of anilines is 1. The Morgan fingerprint density at radius 1 is 1.57 bits per heavy atom. The molecule has 2 rings (SSSR count). The van der Waals surface area contributed by atoms with Gasteiger partial charge >= 0.3 is 0 Å². The molecule has 1 aromatic heterocycles. The largest absolute Gasteiger partial charge is 0.354 e. The zero-order valence-corrected chi connectivity index (χ0v) is 8.27. The lowest BCUT2D eigenvalue weighted by atomic mass is 10.3. The van der Waals surface area contributed by atoms with Crippen LogP contribution in [0.1, 0.15) is 25.3 Å². The van der Waals surface area contributed by atoms with Crippen LogP contribution in [-0.4, -0.2) is 17.6 Å². The Morgan fingerprint density at radius 2 is 2.36 bits per heavy atom. The molecule has 0 atom stereocenters. The Hall–Kier alpha value is -1.56. The van der Waals surface area contributed by atoms with Crippen LogP contribution >= 0.6 is 0 Å². The maximum atomic E-state index is 8.64. The molecule has 0 bridgehead atoms. The van der Waals surface area contributed by atoms with Gasteiger partial charge in [0.25, 0.3) is 0 Å². The van der Waals surface area contributed by atoms with Crippen molar-refractivity contribution in [3.63, 3.8) is 0 Å².